The molecule has 6 aromatic rings. The Balaban J connectivity index is 1.09. The molecule has 2 aliphatic heterocycles. The Morgan fingerprint density at radius 3 is 2.43 bits per heavy atom. The summed E-state index contributed by atoms with van der Waals surface area (Å²) in [4.78, 5) is 28.5. The molecule has 0 bridgehead atoms. The van der Waals surface area contributed by atoms with Crippen molar-refractivity contribution in [1.29, 1.82) is 0 Å². The van der Waals surface area contributed by atoms with Crippen LogP contribution < -0.4 is 5.56 Å². The van der Waals surface area contributed by atoms with Gasteiger partial charge in [-0.2, -0.15) is 0 Å². The van der Waals surface area contributed by atoms with Crippen LogP contribution in [0.1, 0.15) is 56.9 Å². The van der Waals surface area contributed by atoms with Crippen LogP contribution in [0.4, 0.5) is 0 Å². The van der Waals surface area contributed by atoms with Crippen molar-refractivity contribution in [2.45, 2.75) is 35.6 Å². The molecular weight excluding hydrogens is 651 g/mol. The average molecular weight is 680 g/mol. The van der Waals surface area contributed by atoms with E-state index in [1.807, 2.05) is 89.5 Å². The molecule has 0 fully saturated rings. The minimum absolute atomic E-state index is 0.0211. The number of sulfone groups is 1. The summed E-state index contributed by atoms with van der Waals surface area (Å²) in [7, 11) is -3.56. The first kappa shape index (κ1) is 28.9. The first-order valence-electron chi connectivity index (χ1n) is 17.4. The third-order valence-electron chi connectivity index (χ3n) is 11.6. The second kappa shape index (κ2) is 10.1. The van der Waals surface area contributed by atoms with Crippen molar-refractivity contribution in [3.05, 3.63) is 177 Å². The highest BCUT2D eigenvalue weighted by atomic mass is 32.2. The number of ketones is 1. The molecule has 11 rings (SSSR count). The van der Waals surface area contributed by atoms with Gasteiger partial charge in [0.05, 0.1) is 21.4 Å². The SMILES string of the molecule is O=C1Cc2ccccc2-c2ccc(-c3cc4c5c(c3)c3ccccc3c(=O)n5C3C=CC(c5ccc6c(c5)S(=O)(=O)C5=CC=CCC56)=CC43)cc21. The Morgan fingerprint density at radius 1 is 0.706 bits per heavy atom. The molecule has 1 aromatic heterocycles. The molecule has 5 aromatic carbocycles. The van der Waals surface area contributed by atoms with Crippen LogP contribution in [0.3, 0.4) is 0 Å². The first-order chi connectivity index (χ1) is 24.9. The predicted molar refractivity (Wildman–Crippen MR) is 202 cm³/mol. The second-order valence-electron chi connectivity index (χ2n) is 14.2. The van der Waals surface area contributed by atoms with Crippen molar-refractivity contribution < 1.29 is 13.2 Å². The van der Waals surface area contributed by atoms with Crippen molar-refractivity contribution >= 4 is 42.9 Å². The van der Waals surface area contributed by atoms with Crippen LogP contribution in [0, 0.1) is 0 Å². The van der Waals surface area contributed by atoms with E-state index >= 15 is 0 Å². The Bertz CT molecular complexity index is 2940. The summed E-state index contributed by atoms with van der Waals surface area (Å²) < 4.78 is 29.2. The fourth-order valence-electron chi connectivity index (χ4n) is 9.28. The van der Waals surface area contributed by atoms with Gasteiger partial charge in [-0.25, -0.2) is 8.42 Å². The lowest BCUT2D eigenvalue weighted by molar-refractivity contribution is 0.0992. The lowest BCUT2D eigenvalue weighted by atomic mass is 9.82. The highest BCUT2D eigenvalue weighted by Crippen LogP contribution is 2.51. The van der Waals surface area contributed by atoms with Crippen LogP contribution in [0.15, 0.2) is 148 Å². The van der Waals surface area contributed by atoms with E-state index in [9.17, 15) is 18.0 Å². The van der Waals surface area contributed by atoms with E-state index in [-0.39, 0.29) is 29.2 Å². The summed E-state index contributed by atoms with van der Waals surface area (Å²) in [6.07, 6.45) is 13.0. The van der Waals surface area contributed by atoms with Crippen molar-refractivity contribution in [1.82, 2.24) is 4.57 Å². The van der Waals surface area contributed by atoms with Gasteiger partial charge < -0.3 is 0 Å². The summed E-state index contributed by atoms with van der Waals surface area (Å²) >= 11 is 0. The minimum atomic E-state index is -3.56. The number of allylic oxidation sites excluding steroid dienone is 8. The number of carbonyl (C=O) groups excluding carboxylic acids is 1. The zero-order valence-corrected chi connectivity index (χ0v) is 28.2. The third kappa shape index (κ3) is 3.88. The quantitative estimate of drug-likeness (QED) is 0.171. The van der Waals surface area contributed by atoms with Crippen LogP contribution in [-0.4, -0.2) is 18.8 Å². The monoisotopic (exact) mass is 679 g/mol. The molecule has 5 nitrogen and oxygen atoms in total. The third-order valence-corrected chi connectivity index (χ3v) is 13.6. The van der Waals surface area contributed by atoms with Crippen LogP contribution >= 0.6 is 0 Å². The molecule has 0 saturated heterocycles. The van der Waals surface area contributed by atoms with Crippen molar-refractivity contribution in [2.24, 2.45) is 0 Å². The number of hydrogen-bond acceptors (Lipinski definition) is 4. The fraction of sp³-hybridized carbons (Fsp3) is 0.111. The largest absolute Gasteiger partial charge is 0.300 e. The van der Waals surface area contributed by atoms with Gasteiger partial charge >= 0.3 is 0 Å². The number of Topliss-reactive ketones (excluding diaryl/α,β-unsaturated/α-hetero) is 1. The van der Waals surface area contributed by atoms with Crippen LogP contribution in [0.5, 0.6) is 0 Å². The number of fused-ring (bicyclic) bond motifs is 11. The maximum Gasteiger partial charge on any atom is 0.259 e. The second-order valence-corrected chi connectivity index (χ2v) is 16.2. The Kier molecular flexibility index (Phi) is 5.74. The summed E-state index contributed by atoms with van der Waals surface area (Å²) in [6.45, 7) is 0. The van der Waals surface area contributed by atoms with Crippen molar-refractivity contribution in [3.63, 3.8) is 0 Å². The summed E-state index contributed by atoms with van der Waals surface area (Å²) in [5.74, 6) is -0.162. The van der Waals surface area contributed by atoms with E-state index in [1.54, 1.807) is 6.08 Å². The number of pyridine rings is 1. The van der Waals surface area contributed by atoms with Gasteiger partial charge in [0.2, 0.25) is 9.84 Å². The number of hydrogen-bond donors (Lipinski definition) is 0. The van der Waals surface area contributed by atoms with Gasteiger partial charge in [-0.15, -0.1) is 0 Å². The number of benzene rings is 5. The lowest BCUT2D eigenvalue weighted by Crippen LogP contribution is -2.23. The number of aromatic nitrogens is 1. The highest BCUT2D eigenvalue weighted by Gasteiger charge is 2.41. The number of rotatable bonds is 2. The van der Waals surface area contributed by atoms with E-state index in [1.165, 1.54) is 0 Å². The van der Waals surface area contributed by atoms with Gasteiger partial charge in [-0.1, -0.05) is 97.1 Å². The molecule has 6 heteroatoms. The van der Waals surface area contributed by atoms with Crippen molar-refractivity contribution in [3.8, 4) is 22.3 Å². The molecule has 0 spiro atoms. The predicted octanol–water partition coefficient (Wildman–Crippen LogP) is 9.23. The van der Waals surface area contributed by atoms with Crippen LogP contribution in [0.2, 0.25) is 0 Å². The van der Waals surface area contributed by atoms with Gasteiger partial charge in [-0.3, -0.25) is 14.2 Å². The first-order valence-corrected chi connectivity index (χ1v) is 18.9. The van der Waals surface area contributed by atoms with Crippen LogP contribution in [-0.2, 0) is 16.3 Å². The molecule has 3 atom stereocenters. The van der Waals surface area contributed by atoms with Crippen LogP contribution in [0.25, 0.3) is 49.5 Å². The van der Waals surface area contributed by atoms with Gasteiger partial charge in [0.1, 0.15) is 0 Å². The summed E-state index contributed by atoms with van der Waals surface area (Å²) in [6, 6.07) is 32.1. The molecule has 0 amide bonds. The molecule has 244 valence electrons. The molecule has 0 N–H and O–H groups in total. The fourth-order valence-corrected chi connectivity index (χ4v) is 11.2. The molecule has 0 radical (unpaired) electrons. The smallest absolute Gasteiger partial charge is 0.259 e. The molecular formula is C45H29NO4S. The molecule has 3 heterocycles. The van der Waals surface area contributed by atoms with E-state index in [0.29, 0.717) is 28.0 Å². The van der Waals surface area contributed by atoms with E-state index in [4.69, 9.17) is 0 Å². The van der Waals surface area contributed by atoms with E-state index in [0.717, 1.165) is 71.9 Å². The maximum absolute atomic E-state index is 14.2. The zero-order chi connectivity index (χ0) is 34.2. The normalized spacial score (nSPS) is 21.5. The standard InChI is InChI=1S/C45H29NO4S/c47-41-23-28-7-1-2-8-30(28)32-16-13-26(20-37(32)41)29-21-38-31-9-3-4-11-35(31)45(48)46-40-18-15-25(19-36(40)39(22-29)44(38)46)27-14-17-34-33-10-5-6-12-42(33)51(49,50)43(34)24-27/h1-9,11-22,24,33,36,40H,10,23H2. The molecule has 5 aliphatic rings. The maximum atomic E-state index is 14.2. The Labute approximate surface area is 294 Å². The van der Waals surface area contributed by atoms with E-state index < -0.39 is 9.84 Å². The van der Waals surface area contributed by atoms with Gasteiger partial charge in [0, 0.05) is 34.6 Å². The lowest BCUT2D eigenvalue weighted by Gasteiger charge is -2.22. The molecule has 3 aliphatic carbocycles. The topological polar surface area (TPSA) is 73.2 Å². The van der Waals surface area contributed by atoms with Gasteiger partial charge in [0.25, 0.3) is 5.56 Å². The average Bonchev–Trinajstić information content (AvgIpc) is 3.62. The molecule has 3 unspecified atom stereocenters. The Hall–Kier alpha value is -5.85. The molecule has 0 saturated carbocycles. The molecule has 51 heavy (non-hydrogen) atoms. The minimum Gasteiger partial charge on any atom is -0.300 e. The van der Waals surface area contributed by atoms with Gasteiger partial charge in [0.15, 0.2) is 5.78 Å². The van der Waals surface area contributed by atoms with Gasteiger partial charge in [-0.05, 0) is 98.3 Å². The van der Waals surface area contributed by atoms with Crippen molar-refractivity contribution in [2.75, 3.05) is 0 Å². The number of nitrogens with zero attached hydrogens (tertiary/aromatic N) is 1. The summed E-state index contributed by atoms with van der Waals surface area (Å²) in [5.41, 5.74) is 10.4. The van der Waals surface area contributed by atoms with E-state index in [2.05, 4.69) is 42.5 Å². The Morgan fingerprint density at radius 2 is 1.53 bits per heavy atom. The summed E-state index contributed by atoms with van der Waals surface area (Å²) in [5, 5.41) is 2.57. The zero-order valence-electron chi connectivity index (χ0n) is 27.3. The highest BCUT2D eigenvalue weighted by molar-refractivity contribution is 7.95. The number of carbonyl (C=O) groups is 1.